The summed E-state index contributed by atoms with van der Waals surface area (Å²) in [6.07, 6.45) is 8.94. The number of nitrogens with two attached hydrogens (primary N) is 1. The molecule has 134 valence electrons. The molecule has 0 saturated heterocycles. The van der Waals surface area contributed by atoms with Gasteiger partial charge >= 0.3 is 11.8 Å². The zero-order chi connectivity index (χ0) is 18.1. The van der Waals surface area contributed by atoms with E-state index in [1.54, 1.807) is 19.3 Å². The first-order valence-electron chi connectivity index (χ1n) is 8.85. The van der Waals surface area contributed by atoms with Crippen LogP contribution in [0, 0.1) is 5.92 Å². The van der Waals surface area contributed by atoms with Crippen LogP contribution in [0.25, 0.3) is 16.6 Å². The van der Waals surface area contributed by atoms with Crippen LogP contribution in [-0.2, 0) is 6.54 Å². The summed E-state index contributed by atoms with van der Waals surface area (Å²) >= 11 is 0. The molecule has 1 saturated carbocycles. The molecule has 1 aliphatic carbocycles. The predicted octanol–water partition coefficient (Wildman–Crippen LogP) is 1.44. The molecular weight excluding hydrogens is 333 g/mol. The van der Waals surface area contributed by atoms with E-state index in [0.717, 1.165) is 43.3 Å². The van der Waals surface area contributed by atoms with Gasteiger partial charge in [0.25, 0.3) is 0 Å². The SMILES string of the molecule is CNc1ncc2c(C3=C=[N+]=C(F)C=C3)nn(CC3CCC(N)CC3)c2n1. The largest absolute Gasteiger partial charge is 0.493 e. The maximum atomic E-state index is 13.1. The Morgan fingerprint density at radius 1 is 1.35 bits per heavy atom. The second kappa shape index (κ2) is 6.84. The van der Waals surface area contributed by atoms with Crippen LogP contribution >= 0.6 is 0 Å². The molecule has 0 bridgehead atoms. The molecule has 1 fully saturated rings. The van der Waals surface area contributed by atoms with E-state index in [1.807, 2.05) is 4.68 Å². The van der Waals surface area contributed by atoms with E-state index in [-0.39, 0.29) is 0 Å². The number of hydrogen-bond acceptors (Lipinski definition) is 5. The number of allylic oxidation sites excluding steroid dienone is 3. The summed E-state index contributed by atoms with van der Waals surface area (Å²) in [5.41, 5.74) is 8.07. The maximum absolute atomic E-state index is 13.1. The molecule has 0 unspecified atom stereocenters. The Bertz CT molecular complexity index is 969. The van der Waals surface area contributed by atoms with Gasteiger partial charge in [-0.15, -0.1) is 4.39 Å². The Morgan fingerprint density at radius 2 is 2.15 bits per heavy atom. The molecule has 0 aromatic carbocycles. The first kappa shape index (κ1) is 16.7. The third-order valence-electron chi connectivity index (χ3n) is 4.96. The third-order valence-corrected chi connectivity index (χ3v) is 4.96. The van der Waals surface area contributed by atoms with E-state index in [0.29, 0.717) is 29.2 Å². The maximum Gasteiger partial charge on any atom is 0.493 e. The van der Waals surface area contributed by atoms with Gasteiger partial charge in [-0.3, -0.25) is 0 Å². The molecule has 26 heavy (non-hydrogen) atoms. The van der Waals surface area contributed by atoms with Gasteiger partial charge in [-0.05, 0) is 37.7 Å². The lowest BCUT2D eigenvalue weighted by Crippen LogP contribution is -2.28. The number of aromatic nitrogens is 4. The Kier molecular flexibility index (Phi) is 4.39. The highest BCUT2D eigenvalue weighted by molar-refractivity contribution is 6.07. The summed E-state index contributed by atoms with van der Waals surface area (Å²) in [5, 5.41) is 8.51. The van der Waals surface area contributed by atoms with Gasteiger partial charge < -0.3 is 11.1 Å². The highest BCUT2D eigenvalue weighted by Gasteiger charge is 2.23. The van der Waals surface area contributed by atoms with E-state index in [1.165, 1.54) is 6.08 Å². The summed E-state index contributed by atoms with van der Waals surface area (Å²) in [6, 6.07) is 0.314. The minimum absolute atomic E-state index is 0.314. The Hall–Kier alpha value is -2.79. The van der Waals surface area contributed by atoms with Crippen LogP contribution in [0.5, 0.6) is 0 Å². The van der Waals surface area contributed by atoms with Gasteiger partial charge in [-0.2, -0.15) is 10.1 Å². The fourth-order valence-corrected chi connectivity index (χ4v) is 3.49. The van der Waals surface area contributed by atoms with Crippen molar-refractivity contribution in [1.82, 2.24) is 24.4 Å². The molecule has 3 N–H and O–H groups in total. The second-order valence-electron chi connectivity index (χ2n) is 6.79. The Balaban J connectivity index is 1.77. The molecule has 0 amide bonds. The Morgan fingerprint density at radius 3 is 2.85 bits per heavy atom. The van der Waals surface area contributed by atoms with Gasteiger partial charge in [0, 0.05) is 30.5 Å². The third kappa shape index (κ3) is 3.18. The van der Waals surface area contributed by atoms with Crippen LogP contribution in [0.1, 0.15) is 31.4 Å². The molecule has 0 atom stereocenters. The molecule has 0 spiro atoms. The smallest absolute Gasteiger partial charge is 0.357 e. The summed E-state index contributed by atoms with van der Waals surface area (Å²) in [7, 11) is 1.78. The minimum atomic E-state index is -0.565. The van der Waals surface area contributed by atoms with E-state index in [4.69, 9.17) is 10.8 Å². The van der Waals surface area contributed by atoms with Crippen LogP contribution in [0.4, 0.5) is 10.3 Å². The molecule has 0 radical (unpaired) electrons. The molecule has 3 heterocycles. The summed E-state index contributed by atoms with van der Waals surface area (Å²) in [4.78, 5) is 8.88. The second-order valence-corrected chi connectivity index (χ2v) is 6.79. The standard InChI is InChI=1S/C18H21FN7/c1-21-18-23-9-14-16(12-4-7-15(19)22-8-12)25-26(17(14)24-18)10-11-2-5-13(20)6-3-11/h4,7,9,11,13H,2-3,5-6,10,20H2,1H3,(H,21,23,24)/q+1. The van der Waals surface area contributed by atoms with Crippen molar-refractivity contribution in [3.8, 4) is 0 Å². The lowest BCUT2D eigenvalue weighted by molar-refractivity contribution is 0.288. The number of nitrogens with zero attached hydrogens (tertiary/aromatic N) is 5. The van der Waals surface area contributed by atoms with Gasteiger partial charge in [0.15, 0.2) is 5.65 Å². The van der Waals surface area contributed by atoms with Crippen LogP contribution < -0.4 is 15.7 Å². The molecule has 2 aromatic rings. The van der Waals surface area contributed by atoms with Crippen molar-refractivity contribution < 1.29 is 4.39 Å². The molecule has 2 aromatic heterocycles. The van der Waals surface area contributed by atoms with Gasteiger partial charge in [-0.25, -0.2) is 9.67 Å². The van der Waals surface area contributed by atoms with Crippen molar-refractivity contribution in [3.63, 3.8) is 0 Å². The van der Waals surface area contributed by atoms with Crippen molar-refractivity contribution in [2.75, 3.05) is 12.4 Å². The van der Waals surface area contributed by atoms with Crippen molar-refractivity contribution in [2.45, 2.75) is 38.3 Å². The molecule has 2 aliphatic rings. The quantitative estimate of drug-likeness (QED) is 0.810. The number of rotatable bonds is 4. The minimum Gasteiger partial charge on any atom is -0.357 e. The zero-order valence-corrected chi connectivity index (χ0v) is 14.6. The molecular formula is C18H21FN7+. The van der Waals surface area contributed by atoms with Crippen LogP contribution in [0.2, 0.25) is 0 Å². The lowest BCUT2D eigenvalue weighted by atomic mass is 9.86. The number of nitrogens with one attached hydrogen (secondary N) is 1. The highest BCUT2D eigenvalue weighted by atomic mass is 19.1. The van der Waals surface area contributed by atoms with E-state index in [2.05, 4.69) is 25.8 Å². The predicted molar refractivity (Wildman–Crippen MR) is 101 cm³/mol. The van der Waals surface area contributed by atoms with Crippen LogP contribution in [0.3, 0.4) is 0 Å². The Labute approximate surface area is 150 Å². The average Bonchev–Trinajstić information content (AvgIpc) is 3.02. The summed E-state index contributed by atoms with van der Waals surface area (Å²) in [5.74, 6) is 3.20. The monoisotopic (exact) mass is 354 g/mol. The van der Waals surface area contributed by atoms with Gasteiger partial charge in [0.2, 0.25) is 5.95 Å². The molecule has 8 heteroatoms. The molecule has 4 rings (SSSR count). The number of fused-ring (bicyclic) bond motifs is 1. The average molecular weight is 354 g/mol. The van der Waals surface area contributed by atoms with Gasteiger partial charge in [-0.1, -0.05) is 0 Å². The summed E-state index contributed by atoms with van der Waals surface area (Å²) < 4.78 is 18.7. The van der Waals surface area contributed by atoms with Crippen LogP contribution in [-0.4, -0.2) is 44.7 Å². The topological polar surface area (TPSA) is 95.8 Å². The van der Waals surface area contributed by atoms with Crippen molar-refractivity contribution in [3.05, 3.63) is 24.0 Å². The van der Waals surface area contributed by atoms with Crippen molar-refractivity contribution >= 4 is 34.4 Å². The number of halogens is 1. The van der Waals surface area contributed by atoms with Crippen molar-refractivity contribution in [1.29, 1.82) is 0 Å². The van der Waals surface area contributed by atoms with Gasteiger partial charge in [0.1, 0.15) is 11.3 Å². The fourth-order valence-electron chi connectivity index (χ4n) is 3.49. The molecule has 7 nitrogen and oxygen atoms in total. The number of anilines is 1. The zero-order valence-electron chi connectivity index (χ0n) is 14.6. The van der Waals surface area contributed by atoms with Crippen molar-refractivity contribution in [2.24, 2.45) is 11.7 Å². The van der Waals surface area contributed by atoms with E-state index < -0.39 is 5.97 Å². The lowest BCUT2D eigenvalue weighted by Gasteiger charge is -2.25. The number of hydrogen-bond donors (Lipinski definition) is 2. The first-order chi connectivity index (χ1) is 12.6. The fraction of sp³-hybridized carbons (Fsp3) is 0.444. The highest BCUT2D eigenvalue weighted by Crippen LogP contribution is 2.28. The normalized spacial score (nSPS) is 22.4. The molecule has 1 aliphatic heterocycles. The van der Waals surface area contributed by atoms with Gasteiger partial charge in [0.05, 0.1) is 11.5 Å². The van der Waals surface area contributed by atoms with Crippen LogP contribution in [0.15, 0.2) is 18.3 Å². The van der Waals surface area contributed by atoms with E-state index in [9.17, 15) is 4.39 Å². The first-order valence-corrected chi connectivity index (χ1v) is 8.85. The van der Waals surface area contributed by atoms with E-state index >= 15 is 0 Å². The summed E-state index contributed by atoms with van der Waals surface area (Å²) in [6.45, 7) is 0.776.